The van der Waals surface area contributed by atoms with Gasteiger partial charge in [-0.05, 0) is 62.6 Å². The van der Waals surface area contributed by atoms with Gasteiger partial charge in [0.05, 0.1) is 12.1 Å². The minimum atomic E-state index is -0.951. The molecule has 1 fully saturated rings. The predicted octanol–water partition coefficient (Wildman–Crippen LogP) is 4.21. The van der Waals surface area contributed by atoms with E-state index >= 15 is 0 Å². The van der Waals surface area contributed by atoms with Crippen molar-refractivity contribution in [3.63, 3.8) is 0 Å². The third-order valence-electron chi connectivity index (χ3n) is 6.17. The number of aromatic nitrogens is 2. The van der Waals surface area contributed by atoms with Gasteiger partial charge in [0.2, 0.25) is 0 Å². The molecule has 7 heteroatoms. The van der Waals surface area contributed by atoms with Crippen molar-refractivity contribution in [2.45, 2.75) is 44.9 Å². The molecule has 0 radical (unpaired) electrons. The van der Waals surface area contributed by atoms with Crippen LogP contribution in [0.3, 0.4) is 0 Å². The summed E-state index contributed by atoms with van der Waals surface area (Å²) in [6.07, 6.45) is 5.83. The Morgan fingerprint density at radius 3 is 2.79 bits per heavy atom. The molecule has 2 aromatic carbocycles. The van der Waals surface area contributed by atoms with Crippen molar-refractivity contribution in [2.24, 2.45) is 0 Å². The van der Waals surface area contributed by atoms with Gasteiger partial charge in [-0.2, -0.15) is 0 Å². The normalized spacial score (nSPS) is 19.2. The fourth-order valence-electron chi connectivity index (χ4n) is 4.20. The van der Waals surface area contributed by atoms with E-state index < -0.39 is 11.4 Å². The molecule has 1 N–H and O–H groups in total. The van der Waals surface area contributed by atoms with Gasteiger partial charge in [-0.1, -0.05) is 24.3 Å². The van der Waals surface area contributed by atoms with Crippen LogP contribution in [-0.4, -0.2) is 51.5 Å². The molecular weight excluding hydrogens is 421 g/mol. The van der Waals surface area contributed by atoms with Gasteiger partial charge in [0.1, 0.15) is 24.8 Å². The van der Waals surface area contributed by atoms with Gasteiger partial charge in [-0.15, -0.1) is 0 Å². The number of ether oxygens (including phenoxy) is 2. The number of nitrogens with zero attached hydrogens (tertiary/aromatic N) is 3. The number of aryl methyl sites for hydroxylation is 1. The first-order chi connectivity index (χ1) is 16.0. The lowest BCUT2D eigenvalue weighted by atomic mass is 9.96. The molecule has 1 atom stereocenters. The Morgan fingerprint density at radius 2 is 1.97 bits per heavy atom. The summed E-state index contributed by atoms with van der Waals surface area (Å²) in [7, 11) is 0. The highest BCUT2D eigenvalue weighted by atomic mass is 19.1. The number of imidazole rings is 1. The van der Waals surface area contributed by atoms with Gasteiger partial charge in [0, 0.05) is 25.5 Å². The Hall–Kier alpha value is -2.90. The molecule has 1 aliphatic rings. The SMILES string of the molecule is Cc1nccn1CCOc1cccc(CN2CCC[C@@](O)(COc3ccccc3F)CC2)c1. The first kappa shape index (κ1) is 23.3. The van der Waals surface area contributed by atoms with E-state index in [4.69, 9.17) is 9.47 Å². The summed E-state index contributed by atoms with van der Waals surface area (Å²) in [6.45, 7) is 5.86. The molecule has 4 rings (SSSR count). The second-order valence-electron chi connectivity index (χ2n) is 8.74. The Kier molecular flexibility index (Phi) is 7.62. The van der Waals surface area contributed by atoms with Crippen LogP contribution in [0.2, 0.25) is 0 Å². The van der Waals surface area contributed by atoms with E-state index in [0.29, 0.717) is 19.4 Å². The number of para-hydroxylation sites is 1. The Balaban J connectivity index is 1.27. The Bertz CT molecular complexity index is 1040. The van der Waals surface area contributed by atoms with Crippen molar-refractivity contribution in [3.05, 3.63) is 78.1 Å². The zero-order valence-corrected chi connectivity index (χ0v) is 19.1. The smallest absolute Gasteiger partial charge is 0.165 e. The summed E-state index contributed by atoms with van der Waals surface area (Å²) < 4.78 is 27.5. The number of halogens is 1. The molecule has 1 saturated heterocycles. The van der Waals surface area contributed by atoms with Crippen molar-refractivity contribution in [1.29, 1.82) is 0 Å². The predicted molar refractivity (Wildman–Crippen MR) is 125 cm³/mol. The minimum Gasteiger partial charge on any atom is -0.492 e. The van der Waals surface area contributed by atoms with Gasteiger partial charge in [0.25, 0.3) is 0 Å². The summed E-state index contributed by atoms with van der Waals surface area (Å²) in [5, 5.41) is 11.0. The molecule has 0 saturated carbocycles. The van der Waals surface area contributed by atoms with Gasteiger partial charge in [-0.3, -0.25) is 4.90 Å². The maximum atomic E-state index is 13.8. The summed E-state index contributed by atoms with van der Waals surface area (Å²) >= 11 is 0. The van der Waals surface area contributed by atoms with Crippen LogP contribution in [0.25, 0.3) is 0 Å². The number of benzene rings is 2. The Labute approximate surface area is 194 Å². The van der Waals surface area contributed by atoms with E-state index in [1.165, 1.54) is 11.6 Å². The maximum absolute atomic E-state index is 13.8. The topological polar surface area (TPSA) is 59.8 Å². The first-order valence-electron chi connectivity index (χ1n) is 11.5. The average Bonchev–Trinajstić information content (AvgIpc) is 3.12. The molecule has 33 heavy (non-hydrogen) atoms. The molecule has 176 valence electrons. The van der Waals surface area contributed by atoms with Crippen LogP contribution in [0.4, 0.5) is 4.39 Å². The van der Waals surface area contributed by atoms with Crippen LogP contribution < -0.4 is 9.47 Å². The number of likely N-dealkylation sites (tertiary alicyclic amines) is 1. The third-order valence-corrected chi connectivity index (χ3v) is 6.17. The van der Waals surface area contributed by atoms with E-state index in [1.54, 1.807) is 24.4 Å². The van der Waals surface area contributed by atoms with E-state index in [9.17, 15) is 9.50 Å². The third kappa shape index (κ3) is 6.55. The molecule has 0 amide bonds. The van der Waals surface area contributed by atoms with Crippen LogP contribution >= 0.6 is 0 Å². The molecule has 6 nitrogen and oxygen atoms in total. The van der Waals surface area contributed by atoms with E-state index in [0.717, 1.165) is 44.2 Å². The maximum Gasteiger partial charge on any atom is 0.165 e. The summed E-state index contributed by atoms with van der Waals surface area (Å²) in [5.41, 5.74) is 0.229. The molecule has 1 aromatic heterocycles. The lowest BCUT2D eigenvalue weighted by Gasteiger charge is -2.27. The first-order valence-corrected chi connectivity index (χ1v) is 11.5. The number of aliphatic hydroxyl groups is 1. The van der Waals surface area contributed by atoms with Gasteiger partial charge >= 0.3 is 0 Å². The van der Waals surface area contributed by atoms with Crippen LogP contribution in [0.5, 0.6) is 11.5 Å². The van der Waals surface area contributed by atoms with Crippen molar-refractivity contribution in [3.8, 4) is 11.5 Å². The second-order valence-corrected chi connectivity index (χ2v) is 8.74. The zero-order chi connectivity index (χ0) is 23.1. The molecule has 3 aromatic rings. The number of hydrogen-bond acceptors (Lipinski definition) is 5. The zero-order valence-electron chi connectivity index (χ0n) is 19.1. The number of hydrogen-bond donors (Lipinski definition) is 1. The van der Waals surface area contributed by atoms with E-state index in [2.05, 4.69) is 26.6 Å². The van der Waals surface area contributed by atoms with Gasteiger partial charge in [-0.25, -0.2) is 9.37 Å². The molecule has 1 aliphatic heterocycles. The monoisotopic (exact) mass is 453 g/mol. The van der Waals surface area contributed by atoms with Gasteiger partial charge in [0.15, 0.2) is 11.6 Å². The molecule has 2 heterocycles. The lowest BCUT2D eigenvalue weighted by Crippen LogP contribution is -2.37. The fourth-order valence-corrected chi connectivity index (χ4v) is 4.20. The molecular formula is C26H32FN3O3. The van der Waals surface area contributed by atoms with Crippen LogP contribution in [-0.2, 0) is 13.1 Å². The van der Waals surface area contributed by atoms with Crippen LogP contribution in [0, 0.1) is 12.7 Å². The van der Waals surface area contributed by atoms with Crippen molar-refractivity contribution in [1.82, 2.24) is 14.5 Å². The standard InChI is InChI=1S/C26H32FN3O3/c1-21-28-12-15-30(21)16-17-32-23-7-4-6-22(18-23)19-29-13-5-10-26(31,11-14-29)20-33-25-9-3-2-8-24(25)27/h2-4,6-9,12,15,18,31H,5,10-11,13-14,16-17,19-20H2,1H3/t26-/m0/s1. The second kappa shape index (κ2) is 10.8. The van der Waals surface area contributed by atoms with Crippen molar-refractivity contribution >= 4 is 0 Å². The largest absolute Gasteiger partial charge is 0.492 e. The van der Waals surface area contributed by atoms with Gasteiger partial charge < -0.3 is 19.1 Å². The average molecular weight is 454 g/mol. The van der Waals surface area contributed by atoms with Crippen molar-refractivity contribution in [2.75, 3.05) is 26.3 Å². The summed E-state index contributed by atoms with van der Waals surface area (Å²) in [5.74, 6) is 1.62. The highest BCUT2D eigenvalue weighted by Crippen LogP contribution is 2.26. The summed E-state index contributed by atoms with van der Waals surface area (Å²) in [6, 6.07) is 14.5. The molecule has 0 unspecified atom stereocenters. The number of rotatable bonds is 9. The lowest BCUT2D eigenvalue weighted by molar-refractivity contribution is -0.0177. The van der Waals surface area contributed by atoms with Crippen LogP contribution in [0.1, 0.15) is 30.7 Å². The molecule has 0 spiro atoms. The summed E-state index contributed by atoms with van der Waals surface area (Å²) in [4.78, 5) is 6.57. The fraction of sp³-hybridized carbons (Fsp3) is 0.423. The minimum absolute atomic E-state index is 0.0987. The molecule has 0 aliphatic carbocycles. The molecule has 0 bridgehead atoms. The van der Waals surface area contributed by atoms with Crippen LogP contribution in [0.15, 0.2) is 60.9 Å². The highest BCUT2D eigenvalue weighted by molar-refractivity contribution is 5.28. The van der Waals surface area contributed by atoms with Crippen molar-refractivity contribution < 1.29 is 19.0 Å². The van der Waals surface area contributed by atoms with E-state index in [1.807, 2.05) is 25.3 Å². The van der Waals surface area contributed by atoms with E-state index in [-0.39, 0.29) is 12.4 Å². The highest BCUT2D eigenvalue weighted by Gasteiger charge is 2.31. The Morgan fingerprint density at radius 1 is 1.09 bits per heavy atom. The quantitative estimate of drug-likeness (QED) is 0.526.